The van der Waals surface area contributed by atoms with E-state index in [4.69, 9.17) is 5.26 Å². The molecule has 3 heteroatoms. The van der Waals surface area contributed by atoms with Crippen molar-refractivity contribution in [2.24, 2.45) is 17.3 Å². The van der Waals surface area contributed by atoms with Crippen molar-refractivity contribution >= 4 is 5.91 Å². The summed E-state index contributed by atoms with van der Waals surface area (Å²) in [5.41, 5.74) is 1.32. The van der Waals surface area contributed by atoms with Crippen LogP contribution in [0.4, 0.5) is 0 Å². The summed E-state index contributed by atoms with van der Waals surface area (Å²) in [6.45, 7) is 8.69. The van der Waals surface area contributed by atoms with E-state index in [1.165, 1.54) is 5.57 Å². The van der Waals surface area contributed by atoms with Crippen LogP contribution in [0.3, 0.4) is 0 Å². The minimum absolute atomic E-state index is 0.0525. The Labute approximate surface area is 109 Å². The topological polar surface area (TPSA) is 44.1 Å². The molecule has 2 rings (SSSR count). The van der Waals surface area contributed by atoms with E-state index >= 15 is 0 Å². The Kier molecular flexibility index (Phi) is 3.23. The highest BCUT2D eigenvalue weighted by Crippen LogP contribution is 2.60. The molecule has 18 heavy (non-hydrogen) atoms. The Morgan fingerprint density at radius 2 is 2.06 bits per heavy atom. The first-order chi connectivity index (χ1) is 8.39. The second-order valence-electron chi connectivity index (χ2n) is 6.42. The van der Waals surface area contributed by atoms with Crippen molar-refractivity contribution < 1.29 is 4.79 Å². The third kappa shape index (κ3) is 2.29. The molecular formula is C15H22N2O. The lowest BCUT2D eigenvalue weighted by atomic mass is 10.1. The second kappa shape index (κ2) is 4.42. The summed E-state index contributed by atoms with van der Waals surface area (Å²) in [4.78, 5) is 14.3. The van der Waals surface area contributed by atoms with Crippen molar-refractivity contribution in [2.45, 2.75) is 46.6 Å². The molecule has 0 aromatic rings. The van der Waals surface area contributed by atoms with Gasteiger partial charge in [-0.05, 0) is 38.0 Å². The van der Waals surface area contributed by atoms with Crippen LogP contribution in [0.2, 0.25) is 0 Å². The molecule has 98 valence electrons. The van der Waals surface area contributed by atoms with Crippen molar-refractivity contribution in [3.63, 3.8) is 0 Å². The van der Waals surface area contributed by atoms with Gasteiger partial charge in [0, 0.05) is 6.04 Å². The Balaban J connectivity index is 2.10. The van der Waals surface area contributed by atoms with E-state index in [0.717, 1.165) is 12.8 Å². The van der Waals surface area contributed by atoms with Crippen LogP contribution >= 0.6 is 0 Å². The van der Waals surface area contributed by atoms with Gasteiger partial charge in [-0.2, -0.15) is 5.26 Å². The molecule has 0 radical (unpaired) electrons. The standard InChI is InChI=1S/C15H22N2O/c1-10(2)9-12-13(15(12,3)4)14(18)17(8-7-16)11-5-6-11/h9,11-13H,5-6,8H2,1-4H3/t12-,13-/m1/s1. The molecule has 0 spiro atoms. The van der Waals surface area contributed by atoms with Crippen LogP contribution in [-0.4, -0.2) is 23.4 Å². The fourth-order valence-corrected chi connectivity index (χ4v) is 2.85. The number of hydrogen-bond acceptors (Lipinski definition) is 2. The molecule has 2 aliphatic rings. The van der Waals surface area contributed by atoms with Gasteiger partial charge >= 0.3 is 0 Å². The van der Waals surface area contributed by atoms with Crippen LogP contribution in [0.15, 0.2) is 11.6 Å². The van der Waals surface area contributed by atoms with E-state index in [-0.39, 0.29) is 23.8 Å². The molecule has 1 amide bonds. The molecule has 0 aliphatic heterocycles. The fraction of sp³-hybridized carbons (Fsp3) is 0.733. The van der Waals surface area contributed by atoms with Crippen molar-refractivity contribution in [3.05, 3.63) is 11.6 Å². The molecule has 2 aliphatic carbocycles. The van der Waals surface area contributed by atoms with Crippen LogP contribution in [-0.2, 0) is 4.79 Å². The van der Waals surface area contributed by atoms with Crippen molar-refractivity contribution in [1.82, 2.24) is 4.90 Å². The molecule has 2 fully saturated rings. The molecule has 0 bridgehead atoms. The number of carbonyl (C=O) groups is 1. The highest BCUT2D eigenvalue weighted by molar-refractivity contribution is 5.84. The minimum atomic E-state index is 0.0525. The van der Waals surface area contributed by atoms with Crippen LogP contribution in [0.1, 0.15) is 40.5 Å². The van der Waals surface area contributed by atoms with Crippen molar-refractivity contribution in [3.8, 4) is 6.07 Å². The number of rotatable bonds is 4. The average Bonchev–Trinajstić information content (AvgIpc) is 3.14. The second-order valence-corrected chi connectivity index (χ2v) is 6.42. The predicted octanol–water partition coefficient (Wildman–Crippen LogP) is 2.74. The maximum absolute atomic E-state index is 12.5. The van der Waals surface area contributed by atoms with E-state index < -0.39 is 0 Å². The maximum atomic E-state index is 12.5. The van der Waals surface area contributed by atoms with E-state index in [1.807, 2.05) is 0 Å². The molecule has 0 saturated heterocycles. The first-order valence-electron chi connectivity index (χ1n) is 6.72. The smallest absolute Gasteiger partial charge is 0.227 e. The maximum Gasteiger partial charge on any atom is 0.227 e. The largest absolute Gasteiger partial charge is 0.326 e. The number of hydrogen-bond donors (Lipinski definition) is 0. The molecule has 2 atom stereocenters. The predicted molar refractivity (Wildman–Crippen MR) is 70.5 cm³/mol. The van der Waals surface area contributed by atoms with Crippen molar-refractivity contribution in [1.29, 1.82) is 5.26 Å². The monoisotopic (exact) mass is 246 g/mol. The van der Waals surface area contributed by atoms with Gasteiger partial charge in [0.05, 0.1) is 12.0 Å². The lowest BCUT2D eigenvalue weighted by Gasteiger charge is -2.19. The first kappa shape index (κ1) is 13.1. The van der Waals surface area contributed by atoms with Crippen LogP contribution in [0.5, 0.6) is 0 Å². The van der Waals surface area contributed by atoms with Gasteiger partial charge in [0.25, 0.3) is 0 Å². The SMILES string of the molecule is CC(C)=C[C@@H]1[C@H](C(=O)N(CC#N)C2CC2)C1(C)C. The van der Waals surface area contributed by atoms with Gasteiger partial charge in [-0.15, -0.1) is 0 Å². The number of nitrogens with zero attached hydrogens (tertiary/aromatic N) is 2. The van der Waals surface area contributed by atoms with Crippen LogP contribution in [0.25, 0.3) is 0 Å². The molecule has 0 aromatic heterocycles. The van der Waals surface area contributed by atoms with E-state index in [1.54, 1.807) is 4.90 Å². The molecule has 0 N–H and O–H groups in total. The molecule has 0 aromatic carbocycles. The number of carbonyl (C=O) groups excluding carboxylic acids is 1. The van der Waals surface area contributed by atoms with Gasteiger partial charge in [0.1, 0.15) is 6.54 Å². The fourth-order valence-electron chi connectivity index (χ4n) is 2.85. The third-order valence-electron chi connectivity index (χ3n) is 4.20. The van der Waals surface area contributed by atoms with Gasteiger partial charge in [0.2, 0.25) is 5.91 Å². The summed E-state index contributed by atoms with van der Waals surface area (Å²) >= 11 is 0. The summed E-state index contributed by atoms with van der Waals surface area (Å²) in [7, 11) is 0. The first-order valence-corrected chi connectivity index (χ1v) is 6.72. The summed E-state index contributed by atoms with van der Waals surface area (Å²) in [5.74, 6) is 0.600. The zero-order chi connectivity index (χ0) is 13.5. The Bertz CT molecular complexity index is 422. The zero-order valence-electron chi connectivity index (χ0n) is 11.7. The highest BCUT2D eigenvalue weighted by atomic mass is 16.2. The number of nitriles is 1. The van der Waals surface area contributed by atoms with Gasteiger partial charge < -0.3 is 4.90 Å². The summed E-state index contributed by atoms with van der Waals surface area (Å²) in [6, 6.07) is 2.46. The average molecular weight is 246 g/mol. The van der Waals surface area contributed by atoms with E-state index in [2.05, 4.69) is 39.8 Å². The molecular weight excluding hydrogens is 224 g/mol. The third-order valence-corrected chi connectivity index (χ3v) is 4.20. The highest BCUT2D eigenvalue weighted by Gasteiger charge is 2.61. The van der Waals surface area contributed by atoms with Crippen LogP contribution in [0, 0.1) is 28.6 Å². The van der Waals surface area contributed by atoms with Gasteiger partial charge in [-0.25, -0.2) is 0 Å². The van der Waals surface area contributed by atoms with Gasteiger partial charge in [-0.3, -0.25) is 4.79 Å². The zero-order valence-corrected chi connectivity index (χ0v) is 11.7. The Morgan fingerprint density at radius 1 is 1.44 bits per heavy atom. The van der Waals surface area contributed by atoms with Crippen molar-refractivity contribution in [2.75, 3.05) is 6.54 Å². The molecule has 3 nitrogen and oxygen atoms in total. The number of amides is 1. The normalized spacial score (nSPS) is 28.2. The quantitative estimate of drug-likeness (QED) is 0.565. The summed E-state index contributed by atoms with van der Waals surface area (Å²) in [6.07, 6.45) is 4.34. The van der Waals surface area contributed by atoms with E-state index in [9.17, 15) is 4.79 Å². The molecule has 2 saturated carbocycles. The Hall–Kier alpha value is -1.30. The van der Waals surface area contributed by atoms with Gasteiger partial charge in [0.15, 0.2) is 0 Å². The van der Waals surface area contributed by atoms with E-state index in [0.29, 0.717) is 12.0 Å². The lowest BCUT2D eigenvalue weighted by Crippen LogP contribution is -2.35. The number of allylic oxidation sites excluding steroid dienone is 2. The lowest BCUT2D eigenvalue weighted by molar-refractivity contribution is -0.133. The summed E-state index contributed by atoms with van der Waals surface area (Å²) in [5, 5.41) is 8.85. The van der Waals surface area contributed by atoms with Crippen LogP contribution < -0.4 is 0 Å². The minimum Gasteiger partial charge on any atom is -0.326 e. The molecule has 0 heterocycles. The summed E-state index contributed by atoms with van der Waals surface area (Å²) < 4.78 is 0. The Morgan fingerprint density at radius 3 is 2.50 bits per heavy atom. The van der Waals surface area contributed by atoms with Gasteiger partial charge in [-0.1, -0.05) is 25.5 Å². The molecule has 0 unspecified atom stereocenters.